The third-order valence-corrected chi connectivity index (χ3v) is 2.41. The number of hydrogen-bond acceptors (Lipinski definition) is 3. The molecule has 0 saturated carbocycles. The fourth-order valence-electron chi connectivity index (χ4n) is 1.14. The van der Waals surface area contributed by atoms with Crippen LogP contribution in [0.3, 0.4) is 0 Å². The van der Waals surface area contributed by atoms with E-state index in [0.717, 1.165) is 0 Å². The highest BCUT2D eigenvalue weighted by Crippen LogP contribution is 2.23. The number of rotatable bonds is 5. The van der Waals surface area contributed by atoms with Gasteiger partial charge in [-0.05, 0) is 18.2 Å². The first-order chi connectivity index (χ1) is 8.54. The molecular weight excluding hydrogens is 302 g/mol. The summed E-state index contributed by atoms with van der Waals surface area (Å²) in [5, 5.41) is 11.3. The van der Waals surface area contributed by atoms with Gasteiger partial charge >= 0.3 is 5.97 Å². The van der Waals surface area contributed by atoms with E-state index in [-0.39, 0.29) is 24.5 Å². The molecule has 0 aliphatic heterocycles. The molecule has 5 nitrogen and oxygen atoms in total. The number of amides is 1. The minimum absolute atomic E-state index is 0.0112. The summed E-state index contributed by atoms with van der Waals surface area (Å²) in [7, 11) is 0. The van der Waals surface area contributed by atoms with E-state index >= 15 is 0 Å². The Hall–Kier alpha value is -2.00. The molecule has 2 N–H and O–H groups in total. The number of halogens is 1. The zero-order valence-electron chi connectivity index (χ0n) is 9.27. The maximum atomic E-state index is 11.3. The lowest BCUT2D eigenvalue weighted by molar-refractivity contribution is -0.122. The summed E-state index contributed by atoms with van der Waals surface area (Å²) in [6.07, 6.45) is 4.98. The van der Waals surface area contributed by atoms with Gasteiger partial charge in [0.05, 0.1) is 6.54 Å². The zero-order chi connectivity index (χ0) is 13.5. The van der Waals surface area contributed by atoms with Crippen molar-refractivity contribution in [2.24, 2.45) is 0 Å². The molecule has 0 fully saturated rings. The number of ether oxygens (including phenoxy) is 1. The minimum Gasteiger partial charge on any atom is -0.483 e. The van der Waals surface area contributed by atoms with Gasteiger partial charge in [-0.1, -0.05) is 21.9 Å². The van der Waals surface area contributed by atoms with E-state index in [1.165, 1.54) is 12.1 Å². The van der Waals surface area contributed by atoms with Crippen LogP contribution in [0.15, 0.2) is 22.7 Å². The summed E-state index contributed by atoms with van der Waals surface area (Å²) in [4.78, 5) is 22.2. The number of terminal acetylenes is 1. The zero-order valence-corrected chi connectivity index (χ0v) is 10.9. The Kier molecular flexibility index (Phi) is 5.21. The molecule has 0 radical (unpaired) electrons. The lowest BCUT2D eigenvalue weighted by Crippen LogP contribution is -2.29. The predicted octanol–water partition coefficient (Wildman–Crippen LogP) is 1.28. The number of carbonyl (C=O) groups is 2. The van der Waals surface area contributed by atoms with Gasteiger partial charge < -0.3 is 15.2 Å². The van der Waals surface area contributed by atoms with Gasteiger partial charge in [-0.3, -0.25) is 4.79 Å². The van der Waals surface area contributed by atoms with Gasteiger partial charge in [0.1, 0.15) is 11.3 Å². The molecule has 0 saturated heterocycles. The SMILES string of the molecule is C#CCNC(=O)COc1cc(Br)ccc1C(=O)O. The van der Waals surface area contributed by atoms with E-state index < -0.39 is 11.9 Å². The van der Waals surface area contributed by atoms with Crippen LogP contribution in [0, 0.1) is 12.3 Å². The quantitative estimate of drug-likeness (QED) is 0.803. The molecule has 0 atom stereocenters. The Labute approximate surface area is 112 Å². The van der Waals surface area contributed by atoms with Crippen LogP contribution in [0.4, 0.5) is 0 Å². The largest absolute Gasteiger partial charge is 0.483 e. The van der Waals surface area contributed by atoms with Gasteiger partial charge in [0.15, 0.2) is 6.61 Å². The third-order valence-electron chi connectivity index (χ3n) is 1.92. The summed E-state index contributed by atoms with van der Waals surface area (Å²) >= 11 is 3.19. The molecule has 1 aromatic rings. The number of carboxylic acid groups (broad SMARTS) is 1. The van der Waals surface area contributed by atoms with Crippen LogP contribution in [-0.2, 0) is 4.79 Å². The predicted molar refractivity (Wildman–Crippen MR) is 68.4 cm³/mol. The average molecular weight is 312 g/mol. The molecule has 1 aromatic carbocycles. The van der Waals surface area contributed by atoms with Gasteiger partial charge in [0.25, 0.3) is 5.91 Å². The third kappa shape index (κ3) is 4.11. The molecule has 0 bridgehead atoms. The maximum absolute atomic E-state index is 11.3. The summed E-state index contributed by atoms with van der Waals surface area (Å²) in [5.41, 5.74) is -0.0112. The normalized spacial score (nSPS) is 9.33. The first-order valence-electron chi connectivity index (χ1n) is 4.90. The summed E-state index contributed by atoms with van der Waals surface area (Å²) < 4.78 is 5.81. The highest BCUT2D eigenvalue weighted by Gasteiger charge is 2.12. The molecule has 0 aliphatic rings. The van der Waals surface area contributed by atoms with Gasteiger partial charge in [0.2, 0.25) is 0 Å². The van der Waals surface area contributed by atoms with Crippen molar-refractivity contribution in [2.75, 3.05) is 13.2 Å². The molecule has 0 heterocycles. The van der Waals surface area contributed by atoms with Crippen LogP contribution < -0.4 is 10.1 Å². The van der Waals surface area contributed by atoms with Crippen LogP contribution in [0.1, 0.15) is 10.4 Å². The van der Waals surface area contributed by atoms with Crippen molar-refractivity contribution < 1.29 is 19.4 Å². The van der Waals surface area contributed by atoms with Crippen LogP contribution in [-0.4, -0.2) is 30.1 Å². The highest BCUT2D eigenvalue weighted by atomic mass is 79.9. The standard InChI is InChI=1S/C12H10BrNO4/c1-2-5-14-11(15)7-18-10-6-8(13)3-4-9(10)12(16)17/h1,3-4,6H,5,7H2,(H,14,15)(H,16,17). The monoisotopic (exact) mass is 311 g/mol. The molecule has 1 rings (SSSR count). The molecule has 1 amide bonds. The van der Waals surface area contributed by atoms with Crippen LogP contribution in [0.2, 0.25) is 0 Å². The smallest absolute Gasteiger partial charge is 0.339 e. The molecule has 0 aliphatic carbocycles. The van der Waals surface area contributed by atoms with Crippen LogP contribution in [0.5, 0.6) is 5.75 Å². The fraction of sp³-hybridized carbons (Fsp3) is 0.167. The molecule has 94 valence electrons. The van der Waals surface area contributed by atoms with Gasteiger partial charge in [-0.2, -0.15) is 0 Å². The molecule has 0 unspecified atom stereocenters. The van der Waals surface area contributed by atoms with E-state index in [0.29, 0.717) is 4.47 Å². The van der Waals surface area contributed by atoms with Gasteiger partial charge in [-0.15, -0.1) is 6.42 Å². The van der Waals surface area contributed by atoms with Crippen molar-refractivity contribution in [3.8, 4) is 18.1 Å². The summed E-state index contributed by atoms with van der Waals surface area (Å²) in [5.74, 6) is 0.828. The molecule has 18 heavy (non-hydrogen) atoms. The number of nitrogens with one attached hydrogen (secondary N) is 1. The summed E-state index contributed by atoms with van der Waals surface area (Å²) in [6, 6.07) is 4.45. The summed E-state index contributed by atoms with van der Waals surface area (Å²) in [6.45, 7) is -0.190. The topological polar surface area (TPSA) is 75.6 Å². The minimum atomic E-state index is -1.12. The van der Waals surface area contributed by atoms with Crippen molar-refractivity contribution in [3.63, 3.8) is 0 Å². The van der Waals surface area contributed by atoms with Crippen LogP contribution >= 0.6 is 15.9 Å². The van der Waals surface area contributed by atoms with Crippen molar-refractivity contribution in [1.82, 2.24) is 5.32 Å². The Balaban J connectivity index is 2.72. The van der Waals surface area contributed by atoms with Crippen molar-refractivity contribution in [1.29, 1.82) is 0 Å². The van der Waals surface area contributed by atoms with Crippen molar-refractivity contribution in [3.05, 3.63) is 28.2 Å². The molecule has 0 spiro atoms. The fourth-order valence-corrected chi connectivity index (χ4v) is 1.48. The number of carboxylic acids is 1. The molecular formula is C12H10BrNO4. The van der Waals surface area contributed by atoms with E-state index in [2.05, 4.69) is 27.2 Å². The van der Waals surface area contributed by atoms with E-state index in [1.54, 1.807) is 6.07 Å². The number of hydrogen-bond donors (Lipinski definition) is 2. The van der Waals surface area contributed by atoms with Gasteiger partial charge in [0, 0.05) is 4.47 Å². The number of benzene rings is 1. The van der Waals surface area contributed by atoms with Crippen molar-refractivity contribution >= 4 is 27.8 Å². The van der Waals surface area contributed by atoms with Crippen LogP contribution in [0.25, 0.3) is 0 Å². The van der Waals surface area contributed by atoms with E-state index in [4.69, 9.17) is 16.3 Å². The van der Waals surface area contributed by atoms with Gasteiger partial charge in [-0.25, -0.2) is 4.79 Å². The second kappa shape index (κ2) is 6.67. The maximum Gasteiger partial charge on any atom is 0.339 e. The Morgan fingerprint density at radius 1 is 1.50 bits per heavy atom. The molecule has 6 heteroatoms. The second-order valence-electron chi connectivity index (χ2n) is 3.22. The highest BCUT2D eigenvalue weighted by molar-refractivity contribution is 9.10. The average Bonchev–Trinajstić information content (AvgIpc) is 2.33. The first kappa shape index (κ1) is 14.1. The Morgan fingerprint density at radius 2 is 2.22 bits per heavy atom. The number of aromatic carboxylic acids is 1. The Morgan fingerprint density at radius 3 is 2.83 bits per heavy atom. The van der Waals surface area contributed by atoms with Crippen molar-refractivity contribution in [2.45, 2.75) is 0 Å². The Bertz CT molecular complexity index is 507. The molecule has 0 aromatic heterocycles. The van der Waals surface area contributed by atoms with E-state index in [1.807, 2.05) is 0 Å². The number of carbonyl (C=O) groups excluding carboxylic acids is 1. The lowest BCUT2D eigenvalue weighted by Gasteiger charge is -2.09. The second-order valence-corrected chi connectivity index (χ2v) is 4.13. The lowest BCUT2D eigenvalue weighted by atomic mass is 10.2. The first-order valence-corrected chi connectivity index (χ1v) is 5.69. The van der Waals surface area contributed by atoms with E-state index in [9.17, 15) is 9.59 Å².